The number of hydrogen-bond donors (Lipinski definition) is 1. The molecule has 2 aromatic heterocycles. The van der Waals surface area contributed by atoms with Crippen LogP contribution in [-0.4, -0.2) is 22.0 Å². The molecule has 2 aliphatic carbocycles. The van der Waals surface area contributed by atoms with Crippen molar-refractivity contribution < 1.29 is 4.79 Å². The van der Waals surface area contributed by atoms with Gasteiger partial charge in [0, 0.05) is 11.4 Å². The standard InChI is InChI=1S/C17H21N3O2S/c21-14(18-8-11-4-3-5-11)9-20-10-19-16-15(17(20)22)12-6-1-2-7-13(12)23-16/h10-11H,1-9H2,(H,18,21). The van der Waals surface area contributed by atoms with Gasteiger partial charge in [-0.05, 0) is 50.0 Å². The minimum Gasteiger partial charge on any atom is -0.354 e. The lowest BCUT2D eigenvalue weighted by atomic mass is 9.85. The monoisotopic (exact) mass is 331 g/mol. The van der Waals surface area contributed by atoms with Gasteiger partial charge in [0.15, 0.2) is 0 Å². The summed E-state index contributed by atoms with van der Waals surface area (Å²) in [6.45, 7) is 0.802. The number of carbonyl (C=O) groups is 1. The van der Waals surface area contributed by atoms with Crippen molar-refractivity contribution in [2.24, 2.45) is 5.92 Å². The zero-order valence-electron chi connectivity index (χ0n) is 13.1. The molecule has 122 valence electrons. The van der Waals surface area contributed by atoms with Crippen LogP contribution in [0.1, 0.15) is 42.5 Å². The summed E-state index contributed by atoms with van der Waals surface area (Å²) < 4.78 is 1.46. The van der Waals surface area contributed by atoms with Crippen LogP contribution in [0.4, 0.5) is 0 Å². The van der Waals surface area contributed by atoms with Crippen LogP contribution in [0.5, 0.6) is 0 Å². The Morgan fingerprint density at radius 2 is 2.13 bits per heavy atom. The van der Waals surface area contributed by atoms with Crippen molar-refractivity contribution in [2.75, 3.05) is 6.54 Å². The average molecular weight is 331 g/mol. The fourth-order valence-corrected chi connectivity index (χ4v) is 4.68. The molecular weight excluding hydrogens is 310 g/mol. The first kappa shape index (κ1) is 14.9. The molecule has 0 bridgehead atoms. The SMILES string of the molecule is O=C(Cn1cnc2sc3c(c2c1=O)CCCC3)NCC1CCC1. The summed E-state index contributed by atoms with van der Waals surface area (Å²) in [6.07, 6.45) is 9.54. The second-order valence-corrected chi connectivity index (χ2v) is 7.75. The number of rotatable bonds is 4. The van der Waals surface area contributed by atoms with E-state index >= 15 is 0 Å². The summed E-state index contributed by atoms with van der Waals surface area (Å²) >= 11 is 1.64. The van der Waals surface area contributed by atoms with Crippen LogP contribution < -0.4 is 10.9 Å². The van der Waals surface area contributed by atoms with E-state index in [1.165, 1.54) is 47.0 Å². The molecule has 0 unspecified atom stereocenters. The zero-order valence-corrected chi connectivity index (χ0v) is 14.0. The highest BCUT2D eigenvalue weighted by Crippen LogP contribution is 2.33. The van der Waals surface area contributed by atoms with Gasteiger partial charge in [0.2, 0.25) is 5.91 Å². The van der Waals surface area contributed by atoms with Gasteiger partial charge in [-0.15, -0.1) is 11.3 Å². The largest absolute Gasteiger partial charge is 0.354 e. The molecule has 2 heterocycles. The van der Waals surface area contributed by atoms with Gasteiger partial charge >= 0.3 is 0 Å². The van der Waals surface area contributed by atoms with Crippen LogP contribution in [0.3, 0.4) is 0 Å². The molecule has 0 aliphatic heterocycles. The number of nitrogens with zero attached hydrogens (tertiary/aromatic N) is 2. The molecule has 1 amide bonds. The van der Waals surface area contributed by atoms with E-state index in [-0.39, 0.29) is 18.0 Å². The normalized spacial score (nSPS) is 17.7. The fraction of sp³-hybridized carbons (Fsp3) is 0.588. The van der Waals surface area contributed by atoms with Crippen molar-refractivity contribution in [3.05, 3.63) is 27.1 Å². The summed E-state index contributed by atoms with van der Waals surface area (Å²) in [4.78, 5) is 31.4. The minimum atomic E-state index is -0.0933. The highest BCUT2D eigenvalue weighted by molar-refractivity contribution is 7.18. The molecule has 6 heteroatoms. The predicted molar refractivity (Wildman–Crippen MR) is 90.9 cm³/mol. The lowest BCUT2D eigenvalue weighted by Crippen LogP contribution is -2.36. The Morgan fingerprint density at radius 3 is 2.91 bits per heavy atom. The molecule has 0 saturated heterocycles. The van der Waals surface area contributed by atoms with Gasteiger partial charge < -0.3 is 5.32 Å². The summed E-state index contributed by atoms with van der Waals surface area (Å²) in [7, 11) is 0. The average Bonchev–Trinajstić information content (AvgIpc) is 2.88. The Bertz CT molecular complexity index is 804. The number of amides is 1. The smallest absolute Gasteiger partial charge is 0.262 e. The third kappa shape index (κ3) is 2.80. The zero-order chi connectivity index (χ0) is 15.8. The van der Waals surface area contributed by atoms with Crippen LogP contribution in [0, 0.1) is 5.92 Å². The van der Waals surface area contributed by atoms with Crippen molar-refractivity contribution in [3.8, 4) is 0 Å². The third-order valence-electron chi connectivity index (χ3n) is 5.07. The van der Waals surface area contributed by atoms with E-state index < -0.39 is 0 Å². The van der Waals surface area contributed by atoms with Gasteiger partial charge in [-0.25, -0.2) is 4.98 Å². The molecule has 1 N–H and O–H groups in total. The predicted octanol–water partition coefficient (Wildman–Crippen LogP) is 2.25. The Kier molecular flexibility index (Phi) is 3.93. The van der Waals surface area contributed by atoms with E-state index in [1.54, 1.807) is 11.3 Å². The third-order valence-corrected chi connectivity index (χ3v) is 6.27. The first-order valence-electron chi connectivity index (χ1n) is 8.49. The van der Waals surface area contributed by atoms with Crippen molar-refractivity contribution in [2.45, 2.75) is 51.5 Å². The maximum absolute atomic E-state index is 12.8. The molecule has 0 aromatic carbocycles. The maximum Gasteiger partial charge on any atom is 0.262 e. The Balaban J connectivity index is 1.56. The number of carbonyl (C=O) groups excluding carboxylic acids is 1. The number of hydrogen-bond acceptors (Lipinski definition) is 4. The van der Waals surface area contributed by atoms with Crippen LogP contribution in [-0.2, 0) is 24.2 Å². The molecule has 2 aliphatic rings. The Hall–Kier alpha value is -1.69. The summed E-state index contributed by atoms with van der Waals surface area (Å²) in [5.41, 5.74) is 1.12. The van der Waals surface area contributed by atoms with Crippen molar-refractivity contribution in [3.63, 3.8) is 0 Å². The molecule has 23 heavy (non-hydrogen) atoms. The summed E-state index contributed by atoms with van der Waals surface area (Å²) in [5, 5.41) is 3.69. The molecule has 2 aromatic rings. The van der Waals surface area contributed by atoms with Crippen LogP contribution in [0.15, 0.2) is 11.1 Å². The number of nitrogens with one attached hydrogen (secondary N) is 1. The fourth-order valence-electron chi connectivity index (χ4n) is 3.46. The lowest BCUT2D eigenvalue weighted by molar-refractivity contribution is -0.122. The maximum atomic E-state index is 12.8. The first-order chi connectivity index (χ1) is 11.2. The molecule has 5 nitrogen and oxygen atoms in total. The van der Waals surface area contributed by atoms with Crippen molar-refractivity contribution in [1.29, 1.82) is 0 Å². The highest BCUT2D eigenvalue weighted by Gasteiger charge is 2.21. The molecule has 4 rings (SSSR count). The number of aromatic nitrogens is 2. The molecule has 0 atom stereocenters. The number of aryl methyl sites for hydroxylation is 2. The Labute approximate surface area is 138 Å². The van der Waals surface area contributed by atoms with E-state index in [0.29, 0.717) is 5.92 Å². The quantitative estimate of drug-likeness (QED) is 0.934. The van der Waals surface area contributed by atoms with Gasteiger partial charge in [-0.2, -0.15) is 0 Å². The van der Waals surface area contributed by atoms with Crippen LogP contribution in [0.25, 0.3) is 10.2 Å². The molecule has 0 spiro atoms. The van der Waals surface area contributed by atoms with Crippen molar-refractivity contribution in [1.82, 2.24) is 14.9 Å². The first-order valence-corrected chi connectivity index (χ1v) is 9.30. The molecular formula is C17H21N3O2S. The van der Waals surface area contributed by atoms with E-state index in [0.717, 1.165) is 36.0 Å². The molecule has 1 saturated carbocycles. The van der Waals surface area contributed by atoms with Crippen LogP contribution >= 0.6 is 11.3 Å². The van der Waals surface area contributed by atoms with Gasteiger partial charge in [0.1, 0.15) is 11.4 Å². The second kappa shape index (κ2) is 6.07. The highest BCUT2D eigenvalue weighted by atomic mass is 32.1. The van der Waals surface area contributed by atoms with Gasteiger partial charge in [-0.3, -0.25) is 14.2 Å². The lowest BCUT2D eigenvalue weighted by Gasteiger charge is -2.25. The van der Waals surface area contributed by atoms with Crippen molar-refractivity contribution >= 4 is 27.5 Å². The summed E-state index contributed by atoms with van der Waals surface area (Å²) in [5.74, 6) is 0.532. The topological polar surface area (TPSA) is 64.0 Å². The van der Waals surface area contributed by atoms with Crippen LogP contribution in [0.2, 0.25) is 0 Å². The van der Waals surface area contributed by atoms with Gasteiger partial charge in [-0.1, -0.05) is 6.42 Å². The van der Waals surface area contributed by atoms with Gasteiger partial charge in [0.25, 0.3) is 5.56 Å². The minimum absolute atomic E-state index is 0.0619. The number of thiophene rings is 1. The van der Waals surface area contributed by atoms with E-state index in [1.807, 2.05) is 0 Å². The van der Waals surface area contributed by atoms with E-state index in [4.69, 9.17) is 0 Å². The Morgan fingerprint density at radius 1 is 1.30 bits per heavy atom. The molecule has 0 radical (unpaired) electrons. The second-order valence-electron chi connectivity index (χ2n) is 6.67. The number of fused-ring (bicyclic) bond motifs is 3. The molecule has 1 fully saturated rings. The van der Waals surface area contributed by atoms with Gasteiger partial charge in [0.05, 0.1) is 11.7 Å². The van der Waals surface area contributed by atoms with E-state index in [2.05, 4.69) is 10.3 Å². The van der Waals surface area contributed by atoms with E-state index in [9.17, 15) is 9.59 Å². The summed E-state index contributed by atoms with van der Waals surface area (Å²) in [6, 6.07) is 0.